The van der Waals surface area contributed by atoms with Crippen LogP contribution in [0.3, 0.4) is 0 Å². The Hall–Kier alpha value is -3.30. The first kappa shape index (κ1) is 21.5. The SMILES string of the molecule is CCOC(=O)C1=C(C)N=c2s/c(=C3\C(=O)Nc4ccccc43)c(=O)n2[C@@H]1c1ccc(Br)cc1. The van der Waals surface area contributed by atoms with Gasteiger partial charge >= 0.3 is 5.97 Å². The van der Waals surface area contributed by atoms with Gasteiger partial charge in [-0.25, -0.2) is 9.79 Å². The Balaban J connectivity index is 1.82. The van der Waals surface area contributed by atoms with Gasteiger partial charge in [0.25, 0.3) is 11.5 Å². The molecule has 0 saturated heterocycles. The van der Waals surface area contributed by atoms with Crippen molar-refractivity contribution in [3.8, 4) is 0 Å². The van der Waals surface area contributed by atoms with Crippen LogP contribution in [0.25, 0.3) is 5.57 Å². The van der Waals surface area contributed by atoms with Crippen LogP contribution in [0, 0.1) is 0 Å². The molecule has 1 amide bonds. The molecule has 2 aliphatic heterocycles. The van der Waals surface area contributed by atoms with E-state index in [1.165, 1.54) is 4.57 Å². The quantitative estimate of drug-likeness (QED) is 0.534. The molecule has 1 atom stereocenters. The normalized spacial score (nSPS) is 18.4. The van der Waals surface area contributed by atoms with E-state index in [-0.39, 0.29) is 22.6 Å². The van der Waals surface area contributed by atoms with Gasteiger partial charge in [0.15, 0.2) is 4.80 Å². The molecule has 0 aliphatic carbocycles. The fourth-order valence-electron chi connectivity index (χ4n) is 4.15. The minimum Gasteiger partial charge on any atom is -0.463 e. The second-order valence-corrected chi connectivity index (χ2v) is 9.44. The second-order valence-electron chi connectivity index (χ2n) is 7.55. The van der Waals surface area contributed by atoms with E-state index >= 15 is 0 Å². The number of fused-ring (bicyclic) bond motifs is 2. The highest BCUT2D eigenvalue weighted by molar-refractivity contribution is 9.10. The number of amides is 1. The number of esters is 1. The van der Waals surface area contributed by atoms with Gasteiger partial charge in [-0.15, -0.1) is 0 Å². The summed E-state index contributed by atoms with van der Waals surface area (Å²) < 4.78 is 7.96. The standard InChI is InChI=1S/C24H18BrN3O4S/c1-3-32-23(31)17-12(2)26-24-28(19(17)13-8-10-14(25)11-9-13)22(30)20(33-24)18-15-6-4-5-7-16(15)27-21(18)29/h4-11,19H,3H2,1-2H3,(H,27,29)/b20-18-/t19-/m1/s1. The topological polar surface area (TPSA) is 89.8 Å². The van der Waals surface area contributed by atoms with Crippen molar-refractivity contribution in [3.63, 3.8) is 0 Å². The Morgan fingerprint density at radius 2 is 1.91 bits per heavy atom. The summed E-state index contributed by atoms with van der Waals surface area (Å²) in [7, 11) is 0. The molecule has 3 heterocycles. The Morgan fingerprint density at radius 1 is 1.18 bits per heavy atom. The molecule has 0 saturated carbocycles. The van der Waals surface area contributed by atoms with E-state index in [1.807, 2.05) is 42.5 Å². The van der Waals surface area contributed by atoms with Crippen LogP contribution in [-0.4, -0.2) is 23.1 Å². The van der Waals surface area contributed by atoms with E-state index < -0.39 is 12.0 Å². The summed E-state index contributed by atoms with van der Waals surface area (Å²) in [5.74, 6) is -0.850. The molecule has 33 heavy (non-hydrogen) atoms. The van der Waals surface area contributed by atoms with Crippen molar-refractivity contribution in [2.75, 3.05) is 11.9 Å². The van der Waals surface area contributed by atoms with Crippen LogP contribution in [0.4, 0.5) is 5.69 Å². The van der Waals surface area contributed by atoms with Gasteiger partial charge < -0.3 is 10.1 Å². The van der Waals surface area contributed by atoms with E-state index in [1.54, 1.807) is 19.9 Å². The Bertz CT molecular complexity index is 1530. The largest absolute Gasteiger partial charge is 0.463 e. The number of anilines is 1. The van der Waals surface area contributed by atoms with Gasteiger partial charge in [-0.1, -0.05) is 57.6 Å². The molecule has 2 aliphatic rings. The van der Waals surface area contributed by atoms with E-state index in [4.69, 9.17) is 4.74 Å². The van der Waals surface area contributed by atoms with Crippen molar-refractivity contribution < 1.29 is 14.3 Å². The molecule has 0 spiro atoms. The number of aromatic nitrogens is 1. The van der Waals surface area contributed by atoms with Crippen LogP contribution >= 0.6 is 27.3 Å². The number of allylic oxidation sites excluding steroid dienone is 1. The molecule has 9 heteroatoms. The fourth-order valence-corrected chi connectivity index (χ4v) is 5.55. The maximum Gasteiger partial charge on any atom is 0.338 e. The smallest absolute Gasteiger partial charge is 0.338 e. The summed E-state index contributed by atoms with van der Waals surface area (Å²) in [5, 5.41) is 2.82. The third-order valence-corrected chi connectivity index (χ3v) is 7.16. The molecule has 7 nitrogen and oxygen atoms in total. The molecule has 166 valence electrons. The number of nitrogens with one attached hydrogen (secondary N) is 1. The first-order valence-corrected chi connectivity index (χ1v) is 11.9. The highest BCUT2D eigenvalue weighted by atomic mass is 79.9. The minimum absolute atomic E-state index is 0.203. The van der Waals surface area contributed by atoms with Crippen molar-refractivity contribution in [1.29, 1.82) is 0 Å². The maximum absolute atomic E-state index is 13.8. The molecule has 2 aromatic carbocycles. The molecular formula is C24H18BrN3O4S. The molecule has 5 rings (SSSR count). The number of hydrogen-bond donors (Lipinski definition) is 1. The maximum atomic E-state index is 13.8. The van der Waals surface area contributed by atoms with Crippen molar-refractivity contribution in [1.82, 2.24) is 4.57 Å². The lowest BCUT2D eigenvalue weighted by Gasteiger charge is -2.24. The zero-order chi connectivity index (χ0) is 23.3. The van der Waals surface area contributed by atoms with E-state index in [2.05, 4.69) is 26.2 Å². The van der Waals surface area contributed by atoms with Crippen molar-refractivity contribution in [2.45, 2.75) is 19.9 Å². The first-order valence-electron chi connectivity index (χ1n) is 10.3. The summed E-state index contributed by atoms with van der Waals surface area (Å²) in [6.45, 7) is 3.67. The van der Waals surface area contributed by atoms with Crippen LogP contribution in [-0.2, 0) is 14.3 Å². The highest BCUT2D eigenvalue weighted by Crippen LogP contribution is 2.32. The summed E-state index contributed by atoms with van der Waals surface area (Å²) in [4.78, 5) is 44.5. The van der Waals surface area contributed by atoms with E-state index in [0.717, 1.165) is 21.4 Å². The lowest BCUT2D eigenvalue weighted by molar-refractivity contribution is -0.139. The summed E-state index contributed by atoms with van der Waals surface area (Å²) in [5.41, 5.74) is 2.82. The number of ether oxygens (including phenoxy) is 1. The van der Waals surface area contributed by atoms with Gasteiger partial charge in [0.05, 0.1) is 29.5 Å². The van der Waals surface area contributed by atoms with Crippen LogP contribution in [0.1, 0.15) is 31.0 Å². The van der Waals surface area contributed by atoms with Crippen LogP contribution < -0.4 is 20.2 Å². The van der Waals surface area contributed by atoms with E-state index in [9.17, 15) is 14.4 Å². The fraction of sp³-hybridized carbons (Fsp3) is 0.167. The molecule has 1 aromatic heterocycles. The van der Waals surface area contributed by atoms with Gasteiger partial charge in [-0.3, -0.25) is 14.2 Å². The minimum atomic E-state index is -0.720. The summed E-state index contributed by atoms with van der Waals surface area (Å²) in [6, 6.07) is 13.9. The second kappa shape index (κ2) is 8.24. The zero-order valence-electron chi connectivity index (χ0n) is 17.7. The number of para-hydroxylation sites is 1. The average molecular weight is 524 g/mol. The number of carbonyl (C=O) groups excluding carboxylic acids is 2. The van der Waals surface area contributed by atoms with E-state index in [0.29, 0.717) is 32.9 Å². The van der Waals surface area contributed by atoms with Crippen LogP contribution in [0.15, 0.2) is 74.1 Å². The number of hydrogen-bond acceptors (Lipinski definition) is 6. The Labute approximate surface area is 200 Å². The first-order chi connectivity index (χ1) is 15.9. The third kappa shape index (κ3) is 3.48. The van der Waals surface area contributed by atoms with Gasteiger partial charge in [-0.2, -0.15) is 0 Å². The highest BCUT2D eigenvalue weighted by Gasteiger charge is 2.35. The average Bonchev–Trinajstić information content (AvgIpc) is 3.28. The number of thiazole rings is 1. The third-order valence-electron chi connectivity index (χ3n) is 5.58. The molecule has 3 aromatic rings. The molecule has 1 N–H and O–H groups in total. The summed E-state index contributed by atoms with van der Waals surface area (Å²) >= 11 is 4.58. The van der Waals surface area contributed by atoms with Crippen molar-refractivity contribution in [3.05, 3.63) is 95.1 Å². The molecule has 0 radical (unpaired) electrons. The Morgan fingerprint density at radius 3 is 2.64 bits per heavy atom. The van der Waals surface area contributed by atoms with Crippen molar-refractivity contribution in [2.24, 2.45) is 4.99 Å². The number of benzene rings is 2. The lowest BCUT2D eigenvalue weighted by atomic mass is 9.96. The van der Waals surface area contributed by atoms with Crippen LogP contribution in [0.5, 0.6) is 0 Å². The monoisotopic (exact) mass is 523 g/mol. The predicted octanol–water partition coefficient (Wildman–Crippen LogP) is 2.88. The molecule has 0 unspecified atom stereocenters. The number of nitrogens with zero attached hydrogens (tertiary/aromatic N) is 2. The number of halogens is 1. The molecule has 0 fully saturated rings. The lowest BCUT2D eigenvalue weighted by Crippen LogP contribution is -2.40. The van der Waals surface area contributed by atoms with Gasteiger partial charge in [0.2, 0.25) is 0 Å². The van der Waals surface area contributed by atoms with Gasteiger partial charge in [0.1, 0.15) is 4.53 Å². The number of carbonyl (C=O) groups is 2. The zero-order valence-corrected chi connectivity index (χ0v) is 20.1. The molecular weight excluding hydrogens is 506 g/mol. The van der Waals surface area contributed by atoms with Gasteiger partial charge in [-0.05, 0) is 37.6 Å². The van der Waals surface area contributed by atoms with Crippen molar-refractivity contribution >= 4 is 50.4 Å². The summed E-state index contributed by atoms with van der Waals surface area (Å²) in [6.07, 6.45) is 0. The Kier molecular flexibility index (Phi) is 5.38. The van der Waals surface area contributed by atoms with Crippen LogP contribution in [0.2, 0.25) is 0 Å². The number of rotatable bonds is 3. The van der Waals surface area contributed by atoms with Gasteiger partial charge in [0, 0.05) is 15.7 Å². The predicted molar refractivity (Wildman–Crippen MR) is 129 cm³/mol. The molecule has 0 bridgehead atoms.